The second-order valence-corrected chi connectivity index (χ2v) is 3.32. The fourth-order valence-electron chi connectivity index (χ4n) is 1.41. The van der Waals surface area contributed by atoms with Gasteiger partial charge in [-0.05, 0) is 0 Å². The third-order valence-electron chi connectivity index (χ3n) is 2.23. The number of nitrogens with two attached hydrogens (primary N) is 2. The van der Waals surface area contributed by atoms with Gasteiger partial charge in [0.2, 0.25) is 0 Å². The van der Waals surface area contributed by atoms with Crippen LogP contribution in [0.15, 0.2) is 4.99 Å². The van der Waals surface area contributed by atoms with E-state index in [-0.39, 0.29) is 0 Å². The van der Waals surface area contributed by atoms with Crippen LogP contribution < -0.4 is 11.5 Å². The summed E-state index contributed by atoms with van der Waals surface area (Å²) >= 11 is 0. The van der Waals surface area contributed by atoms with Crippen molar-refractivity contribution in [3.8, 4) is 0 Å². The van der Waals surface area contributed by atoms with E-state index in [1.165, 1.54) is 0 Å². The molecule has 0 spiro atoms. The SMILES string of the molecule is NC(N)=NC1C(O)C(=O)C(O)C(O)C1O. The van der Waals surface area contributed by atoms with E-state index in [2.05, 4.69) is 4.99 Å². The van der Waals surface area contributed by atoms with E-state index < -0.39 is 42.2 Å². The van der Waals surface area contributed by atoms with Crippen molar-refractivity contribution in [2.24, 2.45) is 16.5 Å². The summed E-state index contributed by atoms with van der Waals surface area (Å²) in [6.07, 6.45) is -6.88. The molecule has 1 saturated carbocycles. The van der Waals surface area contributed by atoms with E-state index in [1.807, 2.05) is 0 Å². The summed E-state index contributed by atoms with van der Waals surface area (Å²) in [6.45, 7) is 0. The van der Waals surface area contributed by atoms with Crippen molar-refractivity contribution in [2.75, 3.05) is 0 Å². The van der Waals surface area contributed by atoms with Crippen molar-refractivity contribution in [2.45, 2.75) is 30.5 Å². The van der Waals surface area contributed by atoms with Crippen molar-refractivity contribution < 1.29 is 25.2 Å². The third kappa shape index (κ3) is 2.07. The Morgan fingerprint density at radius 1 is 1.07 bits per heavy atom. The Kier molecular flexibility index (Phi) is 3.25. The molecule has 0 aromatic heterocycles. The van der Waals surface area contributed by atoms with E-state index in [9.17, 15) is 20.1 Å². The highest BCUT2D eigenvalue weighted by atomic mass is 16.4. The van der Waals surface area contributed by atoms with Gasteiger partial charge < -0.3 is 31.9 Å². The van der Waals surface area contributed by atoms with E-state index in [0.717, 1.165) is 0 Å². The topological polar surface area (TPSA) is 162 Å². The molecule has 0 heterocycles. The Labute approximate surface area is 84.8 Å². The van der Waals surface area contributed by atoms with Crippen molar-refractivity contribution in [1.29, 1.82) is 0 Å². The maximum absolute atomic E-state index is 11.2. The van der Waals surface area contributed by atoms with Crippen LogP contribution in [-0.2, 0) is 4.79 Å². The van der Waals surface area contributed by atoms with Gasteiger partial charge in [-0.15, -0.1) is 0 Å². The molecule has 5 atom stereocenters. The first-order valence-corrected chi connectivity index (χ1v) is 4.21. The van der Waals surface area contributed by atoms with Crippen LogP contribution in [0.5, 0.6) is 0 Å². The lowest BCUT2D eigenvalue weighted by Gasteiger charge is -2.35. The molecule has 0 aliphatic heterocycles. The highest BCUT2D eigenvalue weighted by molar-refractivity contribution is 5.90. The first kappa shape index (κ1) is 11.9. The molecule has 15 heavy (non-hydrogen) atoms. The number of aliphatic imine (C=N–C) groups is 1. The van der Waals surface area contributed by atoms with Crippen LogP contribution in [-0.4, -0.2) is 62.6 Å². The monoisotopic (exact) mass is 219 g/mol. The molecule has 0 saturated heterocycles. The number of carbonyl (C=O) groups is 1. The maximum atomic E-state index is 11.2. The smallest absolute Gasteiger partial charge is 0.194 e. The molecule has 1 rings (SSSR count). The summed E-state index contributed by atoms with van der Waals surface area (Å²) in [5.74, 6) is -1.46. The summed E-state index contributed by atoms with van der Waals surface area (Å²) in [5, 5.41) is 37.1. The molecule has 1 fully saturated rings. The Balaban J connectivity index is 2.97. The zero-order valence-electron chi connectivity index (χ0n) is 7.69. The van der Waals surface area contributed by atoms with E-state index in [0.29, 0.717) is 0 Å². The number of hydrogen-bond donors (Lipinski definition) is 6. The highest BCUT2D eigenvalue weighted by Crippen LogP contribution is 2.20. The van der Waals surface area contributed by atoms with Crippen molar-refractivity contribution in [1.82, 2.24) is 0 Å². The zero-order valence-corrected chi connectivity index (χ0v) is 7.69. The molecule has 1 aliphatic carbocycles. The average Bonchev–Trinajstić information content (AvgIpc) is 2.18. The molecule has 0 bridgehead atoms. The van der Waals surface area contributed by atoms with Crippen LogP contribution >= 0.6 is 0 Å². The highest BCUT2D eigenvalue weighted by Gasteiger charge is 2.48. The van der Waals surface area contributed by atoms with Gasteiger partial charge in [0.15, 0.2) is 11.7 Å². The van der Waals surface area contributed by atoms with Gasteiger partial charge in [0.25, 0.3) is 0 Å². The second-order valence-electron chi connectivity index (χ2n) is 3.32. The molecule has 86 valence electrons. The average molecular weight is 219 g/mol. The molecule has 1 aliphatic rings. The van der Waals surface area contributed by atoms with Crippen molar-refractivity contribution >= 4 is 11.7 Å². The number of aliphatic hydroxyl groups excluding tert-OH is 4. The molecule has 8 nitrogen and oxygen atoms in total. The van der Waals surface area contributed by atoms with Crippen molar-refractivity contribution in [3.63, 3.8) is 0 Å². The lowest BCUT2D eigenvalue weighted by atomic mass is 9.85. The van der Waals surface area contributed by atoms with Gasteiger partial charge in [0, 0.05) is 0 Å². The minimum Gasteiger partial charge on any atom is -0.388 e. The largest absolute Gasteiger partial charge is 0.388 e. The quantitative estimate of drug-likeness (QED) is 0.192. The number of rotatable bonds is 1. The van der Waals surface area contributed by atoms with Gasteiger partial charge in [-0.1, -0.05) is 0 Å². The van der Waals surface area contributed by atoms with Gasteiger partial charge in [-0.25, -0.2) is 4.99 Å². The minimum atomic E-state index is -1.83. The van der Waals surface area contributed by atoms with Crippen LogP contribution in [0.1, 0.15) is 0 Å². The number of hydrogen-bond acceptors (Lipinski definition) is 6. The Hall–Kier alpha value is -1.22. The van der Waals surface area contributed by atoms with Gasteiger partial charge >= 0.3 is 0 Å². The molecular formula is C7H13N3O5. The van der Waals surface area contributed by atoms with Crippen LogP contribution in [0, 0.1) is 0 Å². The predicted molar refractivity (Wildman–Crippen MR) is 48.6 cm³/mol. The first-order chi connectivity index (χ1) is 6.86. The number of carbonyl (C=O) groups excluding carboxylic acids is 1. The molecule has 5 unspecified atom stereocenters. The van der Waals surface area contributed by atoms with E-state index in [1.54, 1.807) is 0 Å². The van der Waals surface area contributed by atoms with E-state index >= 15 is 0 Å². The molecule has 8 heteroatoms. The number of aliphatic hydroxyl groups is 4. The molecule has 0 aromatic carbocycles. The molecule has 0 amide bonds. The Morgan fingerprint density at radius 3 is 2.07 bits per heavy atom. The fraction of sp³-hybridized carbons (Fsp3) is 0.714. The van der Waals surface area contributed by atoms with Crippen LogP contribution in [0.2, 0.25) is 0 Å². The fourth-order valence-corrected chi connectivity index (χ4v) is 1.41. The van der Waals surface area contributed by atoms with Crippen LogP contribution in [0.3, 0.4) is 0 Å². The normalized spacial score (nSPS) is 41.3. The Morgan fingerprint density at radius 2 is 1.60 bits per heavy atom. The minimum absolute atomic E-state index is 0.436. The van der Waals surface area contributed by atoms with E-state index in [4.69, 9.17) is 16.6 Å². The zero-order chi connectivity index (χ0) is 11.7. The number of Topliss-reactive ketones (excluding diaryl/α,β-unsaturated/α-hetero) is 1. The van der Waals surface area contributed by atoms with Gasteiger partial charge in [-0.2, -0.15) is 0 Å². The summed E-state index contributed by atoms with van der Waals surface area (Å²) in [6, 6.07) is -1.36. The molecule has 0 radical (unpaired) electrons. The van der Waals surface area contributed by atoms with Crippen LogP contribution in [0.25, 0.3) is 0 Å². The predicted octanol–water partition coefficient (Wildman–Crippen LogP) is -4.35. The van der Waals surface area contributed by atoms with Gasteiger partial charge in [0.05, 0.1) is 0 Å². The number of guanidine groups is 1. The molecular weight excluding hydrogens is 206 g/mol. The standard InChI is InChI=1S/C7H13N3O5/c8-7(9)10-1-2(11)4(13)6(15)5(14)3(1)12/h1-4,6,11-13,15H,(H4,8,9,10). The summed E-state index contributed by atoms with van der Waals surface area (Å²) in [4.78, 5) is 14.6. The third-order valence-corrected chi connectivity index (χ3v) is 2.23. The summed E-state index contributed by atoms with van der Waals surface area (Å²) < 4.78 is 0. The lowest BCUT2D eigenvalue weighted by Crippen LogP contribution is -2.61. The Bertz CT molecular complexity index is 290. The van der Waals surface area contributed by atoms with Gasteiger partial charge in [-0.3, -0.25) is 4.79 Å². The second kappa shape index (κ2) is 4.11. The van der Waals surface area contributed by atoms with Crippen LogP contribution in [0.4, 0.5) is 0 Å². The maximum Gasteiger partial charge on any atom is 0.194 e. The summed E-state index contributed by atoms with van der Waals surface area (Å²) in [5.41, 5.74) is 10.0. The number of nitrogens with zero attached hydrogens (tertiary/aromatic N) is 1. The number of ketones is 1. The summed E-state index contributed by atoms with van der Waals surface area (Å²) in [7, 11) is 0. The lowest BCUT2D eigenvalue weighted by molar-refractivity contribution is -0.163. The first-order valence-electron chi connectivity index (χ1n) is 4.21. The van der Waals surface area contributed by atoms with Crippen molar-refractivity contribution in [3.05, 3.63) is 0 Å². The van der Waals surface area contributed by atoms with Gasteiger partial charge in [0.1, 0.15) is 30.5 Å². The molecule has 0 aromatic rings. The molecule has 8 N–H and O–H groups in total.